The minimum absolute atomic E-state index is 0.257. The van der Waals surface area contributed by atoms with Gasteiger partial charge in [-0.15, -0.1) is 0 Å². The van der Waals surface area contributed by atoms with Crippen molar-refractivity contribution in [1.29, 1.82) is 0 Å². The van der Waals surface area contributed by atoms with Crippen LogP contribution in [-0.4, -0.2) is 35.5 Å². The van der Waals surface area contributed by atoms with Gasteiger partial charge in [-0.05, 0) is 30.9 Å². The molecule has 3 rings (SSSR count). The fourth-order valence-electron chi connectivity index (χ4n) is 3.18. The molecule has 0 aromatic carbocycles. The van der Waals surface area contributed by atoms with Crippen LogP contribution in [0.1, 0.15) is 50.2 Å². The first-order valence-electron chi connectivity index (χ1n) is 7.88. The summed E-state index contributed by atoms with van der Waals surface area (Å²) in [6.45, 7) is 7.48. The van der Waals surface area contributed by atoms with E-state index < -0.39 is 0 Å². The standard InChI is InChI=1S/C16H26N2OS/c1-3-12-10-18(6-7-20-12)14(9-17)16-5-4-15(19-16)13-8-11(13)2/h4-5,11-14H,3,6-10,17H2,1-2H3. The Morgan fingerprint density at radius 1 is 1.50 bits per heavy atom. The minimum atomic E-state index is 0.257. The first kappa shape index (κ1) is 14.5. The second-order valence-electron chi connectivity index (χ2n) is 6.21. The van der Waals surface area contributed by atoms with E-state index in [0.717, 1.165) is 30.0 Å². The van der Waals surface area contributed by atoms with Gasteiger partial charge in [-0.1, -0.05) is 13.8 Å². The second kappa shape index (κ2) is 6.12. The SMILES string of the molecule is CCC1CN(C(CN)c2ccc(C3CC3C)o2)CCS1. The number of thioether (sulfide) groups is 1. The van der Waals surface area contributed by atoms with Gasteiger partial charge in [-0.2, -0.15) is 11.8 Å². The molecule has 2 heterocycles. The number of nitrogens with two attached hydrogens (primary N) is 1. The molecule has 4 atom stereocenters. The van der Waals surface area contributed by atoms with Gasteiger partial charge < -0.3 is 10.2 Å². The summed E-state index contributed by atoms with van der Waals surface area (Å²) in [7, 11) is 0. The Labute approximate surface area is 126 Å². The Kier molecular flexibility index (Phi) is 4.43. The molecule has 2 aliphatic rings. The number of furan rings is 1. The summed E-state index contributed by atoms with van der Waals surface area (Å²) in [6.07, 6.45) is 2.51. The van der Waals surface area contributed by atoms with E-state index >= 15 is 0 Å². The summed E-state index contributed by atoms with van der Waals surface area (Å²) >= 11 is 2.10. The Morgan fingerprint density at radius 2 is 2.30 bits per heavy atom. The average molecular weight is 294 g/mol. The molecule has 2 N–H and O–H groups in total. The third-order valence-electron chi connectivity index (χ3n) is 4.74. The highest BCUT2D eigenvalue weighted by atomic mass is 32.2. The van der Waals surface area contributed by atoms with Crippen LogP contribution < -0.4 is 5.73 Å². The van der Waals surface area contributed by atoms with Crippen LogP contribution >= 0.6 is 11.8 Å². The van der Waals surface area contributed by atoms with Gasteiger partial charge in [0.2, 0.25) is 0 Å². The lowest BCUT2D eigenvalue weighted by molar-refractivity contribution is 0.182. The highest BCUT2D eigenvalue weighted by Crippen LogP contribution is 2.47. The molecule has 0 bridgehead atoms. The zero-order valence-corrected chi connectivity index (χ0v) is 13.4. The third-order valence-corrected chi connectivity index (χ3v) is 6.11. The smallest absolute Gasteiger partial charge is 0.122 e. The second-order valence-corrected chi connectivity index (χ2v) is 7.62. The molecule has 2 fully saturated rings. The van der Waals surface area contributed by atoms with E-state index in [1.165, 1.54) is 24.4 Å². The maximum Gasteiger partial charge on any atom is 0.122 e. The lowest BCUT2D eigenvalue weighted by atomic mass is 10.1. The molecular weight excluding hydrogens is 268 g/mol. The van der Waals surface area contributed by atoms with Crippen molar-refractivity contribution in [2.24, 2.45) is 11.7 Å². The highest BCUT2D eigenvalue weighted by Gasteiger charge is 2.37. The van der Waals surface area contributed by atoms with E-state index in [0.29, 0.717) is 12.5 Å². The van der Waals surface area contributed by atoms with Crippen LogP contribution in [0.25, 0.3) is 0 Å². The van der Waals surface area contributed by atoms with Crippen LogP contribution in [0.15, 0.2) is 16.5 Å². The molecule has 1 saturated heterocycles. The Hall–Kier alpha value is -0.450. The summed E-state index contributed by atoms with van der Waals surface area (Å²) in [4.78, 5) is 2.52. The fourth-order valence-corrected chi connectivity index (χ4v) is 4.39. The van der Waals surface area contributed by atoms with E-state index in [9.17, 15) is 0 Å². The Bertz CT molecular complexity index is 447. The summed E-state index contributed by atoms with van der Waals surface area (Å²) in [5.41, 5.74) is 6.04. The maximum absolute atomic E-state index is 6.12. The normalized spacial score (nSPS) is 32.2. The van der Waals surface area contributed by atoms with Crippen molar-refractivity contribution in [1.82, 2.24) is 4.90 Å². The molecule has 4 heteroatoms. The predicted molar refractivity (Wildman–Crippen MR) is 85.1 cm³/mol. The molecule has 112 valence electrons. The van der Waals surface area contributed by atoms with E-state index in [-0.39, 0.29) is 6.04 Å². The van der Waals surface area contributed by atoms with E-state index in [2.05, 4.69) is 42.6 Å². The van der Waals surface area contributed by atoms with Crippen LogP contribution in [-0.2, 0) is 0 Å². The number of hydrogen-bond donors (Lipinski definition) is 1. The number of rotatable bonds is 5. The molecule has 4 unspecified atom stereocenters. The van der Waals surface area contributed by atoms with Crippen molar-refractivity contribution in [3.05, 3.63) is 23.7 Å². The van der Waals surface area contributed by atoms with Gasteiger partial charge in [0, 0.05) is 36.6 Å². The van der Waals surface area contributed by atoms with Gasteiger partial charge in [-0.25, -0.2) is 0 Å². The van der Waals surface area contributed by atoms with Gasteiger partial charge >= 0.3 is 0 Å². The molecule has 1 saturated carbocycles. The van der Waals surface area contributed by atoms with Crippen molar-refractivity contribution >= 4 is 11.8 Å². The molecule has 3 nitrogen and oxygen atoms in total. The van der Waals surface area contributed by atoms with Gasteiger partial charge in [0.15, 0.2) is 0 Å². The van der Waals surface area contributed by atoms with Crippen LogP contribution in [0.5, 0.6) is 0 Å². The van der Waals surface area contributed by atoms with Crippen molar-refractivity contribution in [2.45, 2.75) is 43.9 Å². The largest absolute Gasteiger partial charge is 0.464 e. The molecule has 1 aliphatic heterocycles. The first-order valence-corrected chi connectivity index (χ1v) is 8.93. The third kappa shape index (κ3) is 2.92. The van der Waals surface area contributed by atoms with Crippen LogP contribution in [0.2, 0.25) is 0 Å². The summed E-state index contributed by atoms with van der Waals surface area (Å²) < 4.78 is 6.12. The van der Waals surface area contributed by atoms with E-state index in [4.69, 9.17) is 10.2 Å². The topological polar surface area (TPSA) is 42.4 Å². The minimum Gasteiger partial charge on any atom is -0.464 e. The summed E-state index contributed by atoms with van der Waals surface area (Å²) in [5, 5.41) is 0.746. The Morgan fingerprint density at radius 3 is 2.95 bits per heavy atom. The highest BCUT2D eigenvalue weighted by molar-refractivity contribution is 8.00. The molecule has 20 heavy (non-hydrogen) atoms. The Balaban J connectivity index is 1.70. The molecule has 1 aliphatic carbocycles. The van der Waals surface area contributed by atoms with E-state index in [1.807, 2.05) is 0 Å². The lowest BCUT2D eigenvalue weighted by Gasteiger charge is -2.36. The molecule has 0 amide bonds. The van der Waals surface area contributed by atoms with Crippen molar-refractivity contribution in [3.63, 3.8) is 0 Å². The molecule has 1 aromatic rings. The maximum atomic E-state index is 6.12. The van der Waals surface area contributed by atoms with E-state index in [1.54, 1.807) is 0 Å². The molecule has 1 aromatic heterocycles. The van der Waals surface area contributed by atoms with Gasteiger partial charge in [0.25, 0.3) is 0 Å². The summed E-state index contributed by atoms with van der Waals surface area (Å²) in [5.74, 6) is 4.90. The molecule has 0 radical (unpaired) electrons. The van der Waals surface area contributed by atoms with Crippen molar-refractivity contribution in [3.8, 4) is 0 Å². The van der Waals surface area contributed by atoms with Crippen molar-refractivity contribution in [2.75, 3.05) is 25.4 Å². The number of hydrogen-bond acceptors (Lipinski definition) is 4. The van der Waals surface area contributed by atoms with Crippen LogP contribution in [0, 0.1) is 5.92 Å². The first-order chi connectivity index (χ1) is 9.72. The zero-order chi connectivity index (χ0) is 14.1. The summed E-state index contributed by atoms with van der Waals surface area (Å²) in [6, 6.07) is 4.58. The fraction of sp³-hybridized carbons (Fsp3) is 0.750. The van der Waals surface area contributed by atoms with Crippen LogP contribution in [0.3, 0.4) is 0 Å². The van der Waals surface area contributed by atoms with Crippen LogP contribution in [0.4, 0.5) is 0 Å². The van der Waals surface area contributed by atoms with Gasteiger partial charge in [0.05, 0.1) is 6.04 Å². The average Bonchev–Trinajstić information content (AvgIpc) is 3.01. The molecule has 0 spiro atoms. The predicted octanol–water partition coefficient (Wildman–Crippen LogP) is 3.23. The zero-order valence-electron chi connectivity index (χ0n) is 12.5. The number of nitrogens with zero attached hydrogens (tertiary/aromatic N) is 1. The molecular formula is C16H26N2OS. The van der Waals surface area contributed by atoms with Gasteiger partial charge in [0.1, 0.15) is 11.5 Å². The van der Waals surface area contributed by atoms with Crippen molar-refractivity contribution < 1.29 is 4.42 Å². The lowest BCUT2D eigenvalue weighted by Crippen LogP contribution is -2.42. The monoisotopic (exact) mass is 294 g/mol. The van der Waals surface area contributed by atoms with Gasteiger partial charge in [-0.3, -0.25) is 4.90 Å². The quantitative estimate of drug-likeness (QED) is 0.905.